The van der Waals surface area contributed by atoms with Crippen LogP contribution in [0.5, 0.6) is 0 Å². The normalized spacial score (nSPS) is 21.3. The third-order valence-electron chi connectivity index (χ3n) is 3.78. The lowest BCUT2D eigenvalue weighted by Gasteiger charge is -2.24. The van der Waals surface area contributed by atoms with Crippen LogP contribution in [0.2, 0.25) is 0 Å². The Labute approximate surface area is 115 Å². The van der Waals surface area contributed by atoms with Gasteiger partial charge >= 0.3 is 0 Å². The highest BCUT2D eigenvalue weighted by Gasteiger charge is 2.22. The number of ether oxygens (including phenoxy) is 1. The quantitative estimate of drug-likeness (QED) is 0.748. The van der Waals surface area contributed by atoms with Gasteiger partial charge in [-0.15, -0.1) is 0 Å². The summed E-state index contributed by atoms with van der Waals surface area (Å²) in [4.78, 5) is 12.2. The predicted octanol–water partition coefficient (Wildman–Crippen LogP) is 3.91. The van der Waals surface area contributed by atoms with Gasteiger partial charge in [0.2, 0.25) is 0 Å². The summed E-state index contributed by atoms with van der Waals surface area (Å²) in [7, 11) is 1.68. The zero-order chi connectivity index (χ0) is 13.5. The summed E-state index contributed by atoms with van der Waals surface area (Å²) in [6.07, 6.45) is 7.71. The lowest BCUT2D eigenvalue weighted by atomic mass is 9.81. The molecule has 2 nitrogen and oxygen atoms in total. The Bertz CT molecular complexity index is 434. The molecule has 1 fully saturated rings. The van der Waals surface area contributed by atoms with Crippen LogP contribution in [-0.2, 0) is 16.0 Å². The van der Waals surface area contributed by atoms with Gasteiger partial charge in [0.05, 0.1) is 13.4 Å². The minimum absolute atomic E-state index is 0.333. The van der Waals surface area contributed by atoms with Crippen LogP contribution in [0.15, 0.2) is 42.2 Å². The average Bonchev–Trinajstić information content (AvgIpc) is 2.42. The Morgan fingerprint density at radius 3 is 2.84 bits per heavy atom. The van der Waals surface area contributed by atoms with E-state index in [9.17, 15) is 4.79 Å². The summed E-state index contributed by atoms with van der Waals surface area (Å²) in [6.45, 7) is 0. The molecule has 102 valence electrons. The van der Waals surface area contributed by atoms with E-state index >= 15 is 0 Å². The number of Topliss-reactive ketones (excluding diaryl/α,β-unsaturated/α-hetero) is 1. The van der Waals surface area contributed by atoms with Gasteiger partial charge in [0.25, 0.3) is 0 Å². The van der Waals surface area contributed by atoms with E-state index in [1.54, 1.807) is 7.11 Å². The van der Waals surface area contributed by atoms with Crippen molar-refractivity contribution in [1.29, 1.82) is 0 Å². The number of allylic oxidation sites excluding steroid dienone is 1. The van der Waals surface area contributed by atoms with E-state index in [1.165, 1.54) is 18.4 Å². The number of hydrogen-bond donors (Lipinski definition) is 0. The fourth-order valence-corrected chi connectivity index (χ4v) is 2.82. The van der Waals surface area contributed by atoms with Crippen LogP contribution in [0.25, 0.3) is 0 Å². The van der Waals surface area contributed by atoms with Gasteiger partial charge in [-0.25, -0.2) is 0 Å². The first-order valence-electron chi connectivity index (χ1n) is 7.07. The molecular formula is C17H22O2. The maximum absolute atomic E-state index is 12.2. The minimum Gasteiger partial charge on any atom is -0.504 e. The zero-order valence-electron chi connectivity index (χ0n) is 11.6. The van der Waals surface area contributed by atoms with Gasteiger partial charge in [-0.05, 0) is 36.3 Å². The Morgan fingerprint density at radius 1 is 1.32 bits per heavy atom. The highest BCUT2D eigenvalue weighted by molar-refractivity contribution is 5.81. The molecule has 0 saturated heterocycles. The van der Waals surface area contributed by atoms with Crippen LogP contribution in [0.3, 0.4) is 0 Å². The fraction of sp³-hybridized carbons (Fsp3) is 0.471. The van der Waals surface area contributed by atoms with Gasteiger partial charge in [0, 0.05) is 12.8 Å². The minimum atomic E-state index is 0.333. The van der Waals surface area contributed by atoms with Gasteiger partial charge in [-0.3, -0.25) is 4.79 Å². The zero-order valence-corrected chi connectivity index (χ0v) is 11.6. The van der Waals surface area contributed by atoms with E-state index in [1.807, 2.05) is 36.6 Å². The van der Waals surface area contributed by atoms with Crippen LogP contribution in [-0.4, -0.2) is 12.9 Å². The molecular weight excluding hydrogens is 236 g/mol. The summed E-state index contributed by atoms with van der Waals surface area (Å²) in [5, 5.41) is 0. The van der Waals surface area contributed by atoms with E-state index in [0.29, 0.717) is 24.5 Å². The maximum atomic E-state index is 12.2. The molecule has 0 heterocycles. The lowest BCUT2D eigenvalue weighted by Crippen LogP contribution is -2.16. The molecule has 1 aliphatic rings. The molecule has 1 atom stereocenters. The number of carbonyl (C=O) groups excluding carboxylic acids is 1. The molecule has 1 unspecified atom stereocenters. The third-order valence-corrected chi connectivity index (χ3v) is 3.78. The van der Waals surface area contributed by atoms with Crippen LogP contribution >= 0.6 is 0 Å². The van der Waals surface area contributed by atoms with Crippen LogP contribution < -0.4 is 0 Å². The monoisotopic (exact) mass is 258 g/mol. The smallest absolute Gasteiger partial charge is 0.137 e. The van der Waals surface area contributed by atoms with Crippen LogP contribution in [0, 0.1) is 5.92 Å². The number of benzene rings is 1. The van der Waals surface area contributed by atoms with Crippen molar-refractivity contribution in [3.63, 3.8) is 0 Å². The second-order valence-electron chi connectivity index (χ2n) is 5.28. The van der Waals surface area contributed by atoms with Gasteiger partial charge < -0.3 is 4.74 Å². The third kappa shape index (κ3) is 4.23. The van der Waals surface area contributed by atoms with Crippen molar-refractivity contribution in [3.05, 3.63) is 47.7 Å². The maximum Gasteiger partial charge on any atom is 0.137 e. The molecule has 1 aromatic rings. The molecule has 0 N–H and O–H groups in total. The Kier molecular flexibility index (Phi) is 5.20. The number of hydrogen-bond acceptors (Lipinski definition) is 2. The lowest BCUT2D eigenvalue weighted by molar-refractivity contribution is -0.119. The van der Waals surface area contributed by atoms with Gasteiger partial charge in [0.1, 0.15) is 5.78 Å². The largest absolute Gasteiger partial charge is 0.504 e. The molecule has 0 amide bonds. The van der Waals surface area contributed by atoms with Crippen molar-refractivity contribution in [3.8, 4) is 0 Å². The molecule has 1 aliphatic carbocycles. The first-order valence-corrected chi connectivity index (χ1v) is 7.07. The van der Waals surface area contributed by atoms with Crippen molar-refractivity contribution in [1.82, 2.24) is 0 Å². The predicted molar refractivity (Wildman–Crippen MR) is 76.8 cm³/mol. The molecule has 2 heteroatoms. The van der Waals surface area contributed by atoms with E-state index in [4.69, 9.17) is 4.74 Å². The number of ketones is 1. The van der Waals surface area contributed by atoms with E-state index in [0.717, 1.165) is 18.4 Å². The van der Waals surface area contributed by atoms with Crippen molar-refractivity contribution in [2.75, 3.05) is 7.11 Å². The summed E-state index contributed by atoms with van der Waals surface area (Å²) < 4.78 is 5.14. The Hall–Kier alpha value is -1.57. The van der Waals surface area contributed by atoms with Crippen molar-refractivity contribution < 1.29 is 9.53 Å². The number of carbonyl (C=O) groups is 1. The Morgan fingerprint density at radius 2 is 2.11 bits per heavy atom. The molecule has 0 spiro atoms. The van der Waals surface area contributed by atoms with E-state index in [2.05, 4.69) is 0 Å². The van der Waals surface area contributed by atoms with E-state index in [-0.39, 0.29) is 0 Å². The molecule has 0 aliphatic heterocycles. The summed E-state index contributed by atoms with van der Waals surface area (Å²) in [6, 6.07) is 9.99. The van der Waals surface area contributed by atoms with Crippen molar-refractivity contribution >= 4 is 5.78 Å². The molecule has 2 rings (SSSR count). The van der Waals surface area contributed by atoms with Gasteiger partial charge in [-0.2, -0.15) is 0 Å². The summed E-state index contributed by atoms with van der Waals surface area (Å²) in [5.74, 6) is 0.727. The van der Waals surface area contributed by atoms with E-state index < -0.39 is 0 Å². The SMILES string of the molecule is CO/C=C1\CCCCC1CC(=O)Cc1ccccc1. The average molecular weight is 258 g/mol. The number of methoxy groups -OCH3 is 1. The van der Waals surface area contributed by atoms with Gasteiger partial charge in [0.15, 0.2) is 0 Å². The summed E-state index contributed by atoms with van der Waals surface area (Å²) in [5.41, 5.74) is 2.43. The highest BCUT2D eigenvalue weighted by Crippen LogP contribution is 2.32. The first kappa shape index (κ1) is 13.9. The number of rotatable bonds is 5. The molecule has 0 bridgehead atoms. The summed E-state index contributed by atoms with van der Waals surface area (Å²) >= 11 is 0. The van der Waals surface area contributed by atoms with Crippen LogP contribution in [0.4, 0.5) is 0 Å². The van der Waals surface area contributed by atoms with Crippen molar-refractivity contribution in [2.24, 2.45) is 5.92 Å². The molecule has 19 heavy (non-hydrogen) atoms. The first-order chi connectivity index (χ1) is 9.29. The Balaban J connectivity index is 1.92. The second kappa shape index (κ2) is 7.13. The molecule has 1 saturated carbocycles. The topological polar surface area (TPSA) is 26.3 Å². The molecule has 0 aromatic heterocycles. The van der Waals surface area contributed by atoms with Gasteiger partial charge in [-0.1, -0.05) is 36.8 Å². The highest BCUT2D eigenvalue weighted by atomic mass is 16.5. The standard InChI is InChI=1S/C17H22O2/c1-19-13-16-10-6-5-9-15(16)12-17(18)11-14-7-3-2-4-8-14/h2-4,7-8,13,15H,5-6,9-12H2,1H3/b16-13+. The van der Waals surface area contributed by atoms with Crippen LogP contribution in [0.1, 0.15) is 37.7 Å². The fourth-order valence-electron chi connectivity index (χ4n) is 2.82. The molecule has 0 radical (unpaired) electrons. The van der Waals surface area contributed by atoms with Crippen molar-refractivity contribution in [2.45, 2.75) is 38.5 Å². The second-order valence-corrected chi connectivity index (χ2v) is 5.28. The molecule has 1 aromatic carbocycles.